The van der Waals surface area contributed by atoms with Crippen LogP contribution >= 0.6 is 11.6 Å². The lowest BCUT2D eigenvalue weighted by Crippen LogP contribution is -2.36. The number of nitrogens with zero attached hydrogens (tertiary/aromatic N) is 1. The van der Waals surface area contributed by atoms with Crippen molar-refractivity contribution in [1.82, 2.24) is 4.90 Å². The van der Waals surface area contributed by atoms with Crippen LogP contribution in [0.25, 0.3) is 0 Å². The Morgan fingerprint density at radius 3 is 2.12 bits per heavy atom. The number of likely N-dealkylation sites (N-methyl/N-ethyl adjacent to an activating group) is 1. The number of nitrogens with one attached hydrogen (secondary N) is 2. The van der Waals surface area contributed by atoms with Gasteiger partial charge in [-0.3, -0.25) is 14.5 Å². The number of carbonyl (C=O) groups excluding carboxylic acids is 2. The summed E-state index contributed by atoms with van der Waals surface area (Å²) in [6, 6.07) is 14.5. The molecular formula is C18H20ClN3O2. The molecule has 0 aliphatic carbocycles. The summed E-state index contributed by atoms with van der Waals surface area (Å²) in [4.78, 5) is 25.6. The van der Waals surface area contributed by atoms with Crippen LogP contribution in [0.15, 0.2) is 48.5 Å². The first-order chi connectivity index (χ1) is 11.4. The maximum Gasteiger partial charge on any atom is 0.238 e. The second-order valence-corrected chi connectivity index (χ2v) is 6.08. The molecule has 2 aromatic carbocycles. The van der Waals surface area contributed by atoms with Gasteiger partial charge in [-0.25, -0.2) is 0 Å². The highest BCUT2D eigenvalue weighted by Gasteiger charge is 2.11. The van der Waals surface area contributed by atoms with E-state index in [-0.39, 0.29) is 24.9 Å². The Morgan fingerprint density at radius 2 is 1.54 bits per heavy atom. The SMILES string of the molecule is Cc1ccc(NC(=O)CN(C)CC(=O)Nc2cccc(Cl)c2)cc1. The molecule has 0 saturated carbocycles. The van der Waals surface area contributed by atoms with Crippen molar-refractivity contribution in [2.24, 2.45) is 0 Å². The Balaban J connectivity index is 1.79. The first-order valence-electron chi connectivity index (χ1n) is 7.53. The smallest absolute Gasteiger partial charge is 0.238 e. The molecule has 0 bridgehead atoms. The zero-order valence-corrected chi connectivity index (χ0v) is 14.4. The largest absolute Gasteiger partial charge is 0.325 e. The summed E-state index contributed by atoms with van der Waals surface area (Å²) >= 11 is 5.87. The fraction of sp³-hybridized carbons (Fsp3) is 0.222. The second kappa shape index (κ2) is 8.47. The van der Waals surface area contributed by atoms with E-state index in [9.17, 15) is 9.59 Å². The third-order valence-electron chi connectivity index (χ3n) is 3.27. The molecular weight excluding hydrogens is 326 g/mol. The number of rotatable bonds is 6. The van der Waals surface area contributed by atoms with E-state index in [2.05, 4.69) is 10.6 Å². The predicted molar refractivity (Wildman–Crippen MR) is 97.4 cm³/mol. The molecule has 2 rings (SSSR count). The minimum Gasteiger partial charge on any atom is -0.325 e. The van der Waals surface area contributed by atoms with E-state index in [4.69, 9.17) is 11.6 Å². The van der Waals surface area contributed by atoms with Crippen LogP contribution in [0.4, 0.5) is 11.4 Å². The lowest BCUT2D eigenvalue weighted by atomic mass is 10.2. The number of benzene rings is 2. The van der Waals surface area contributed by atoms with Crippen molar-refractivity contribution < 1.29 is 9.59 Å². The molecule has 0 fully saturated rings. The van der Waals surface area contributed by atoms with E-state index < -0.39 is 0 Å². The van der Waals surface area contributed by atoms with Gasteiger partial charge in [0.05, 0.1) is 13.1 Å². The summed E-state index contributed by atoms with van der Waals surface area (Å²) in [5, 5.41) is 6.10. The molecule has 0 aromatic heterocycles. The van der Waals surface area contributed by atoms with Crippen molar-refractivity contribution in [2.45, 2.75) is 6.92 Å². The van der Waals surface area contributed by atoms with Crippen molar-refractivity contribution in [3.63, 3.8) is 0 Å². The van der Waals surface area contributed by atoms with Crippen LogP contribution in [0, 0.1) is 6.92 Å². The maximum absolute atomic E-state index is 12.0. The van der Waals surface area contributed by atoms with Crippen LogP contribution in [0.5, 0.6) is 0 Å². The third kappa shape index (κ3) is 6.02. The van der Waals surface area contributed by atoms with Crippen LogP contribution in [0.2, 0.25) is 5.02 Å². The quantitative estimate of drug-likeness (QED) is 0.845. The van der Waals surface area contributed by atoms with Crippen molar-refractivity contribution >= 4 is 34.8 Å². The molecule has 0 radical (unpaired) electrons. The number of carbonyl (C=O) groups is 2. The van der Waals surface area contributed by atoms with Gasteiger partial charge in [0.25, 0.3) is 0 Å². The van der Waals surface area contributed by atoms with Gasteiger partial charge in [-0.1, -0.05) is 35.4 Å². The van der Waals surface area contributed by atoms with E-state index in [1.54, 1.807) is 36.2 Å². The summed E-state index contributed by atoms with van der Waals surface area (Å²) in [6.45, 7) is 2.21. The molecule has 0 saturated heterocycles. The monoisotopic (exact) mass is 345 g/mol. The fourth-order valence-electron chi connectivity index (χ4n) is 2.15. The van der Waals surface area contributed by atoms with Gasteiger partial charge in [-0.05, 0) is 44.3 Å². The highest BCUT2D eigenvalue weighted by molar-refractivity contribution is 6.30. The molecule has 0 spiro atoms. The van der Waals surface area contributed by atoms with Gasteiger partial charge in [0.2, 0.25) is 11.8 Å². The first-order valence-corrected chi connectivity index (χ1v) is 7.90. The average molecular weight is 346 g/mol. The zero-order chi connectivity index (χ0) is 17.5. The Labute approximate surface area is 146 Å². The van der Waals surface area contributed by atoms with Crippen LogP contribution < -0.4 is 10.6 Å². The van der Waals surface area contributed by atoms with Gasteiger partial charge in [-0.2, -0.15) is 0 Å². The zero-order valence-electron chi connectivity index (χ0n) is 13.7. The highest BCUT2D eigenvalue weighted by Crippen LogP contribution is 2.14. The first kappa shape index (κ1) is 18.0. The maximum atomic E-state index is 12.0. The Hall–Kier alpha value is -2.37. The summed E-state index contributed by atoms with van der Waals surface area (Å²) in [6.07, 6.45) is 0. The van der Waals surface area contributed by atoms with Crippen LogP contribution in [0.1, 0.15) is 5.56 Å². The Kier molecular flexibility index (Phi) is 6.35. The van der Waals surface area contributed by atoms with Crippen molar-refractivity contribution in [3.8, 4) is 0 Å². The van der Waals surface area contributed by atoms with Gasteiger partial charge in [-0.15, -0.1) is 0 Å². The predicted octanol–water partition coefficient (Wildman–Crippen LogP) is 3.16. The molecule has 2 N–H and O–H groups in total. The van der Waals surface area contributed by atoms with E-state index in [1.807, 2.05) is 31.2 Å². The molecule has 126 valence electrons. The fourth-order valence-corrected chi connectivity index (χ4v) is 2.34. The van der Waals surface area contributed by atoms with Crippen molar-refractivity contribution in [2.75, 3.05) is 30.8 Å². The summed E-state index contributed by atoms with van der Waals surface area (Å²) in [5.74, 6) is -0.375. The van der Waals surface area contributed by atoms with Gasteiger partial charge < -0.3 is 10.6 Å². The van der Waals surface area contributed by atoms with Crippen molar-refractivity contribution in [3.05, 3.63) is 59.1 Å². The lowest BCUT2D eigenvalue weighted by Gasteiger charge is -2.16. The summed E-state index contributed by atoms with van der Waals surface area (Å²) < 4.78 is 0. The molecule has 2 amide bonds. The minimum absolute atomic E-state index is 0.105. The second-order valence-electron chi connectivity index (χ2n) is 5.65. The van der Waals surface area contributed by atoms with Crippen LogP contribution in [-0.2, 0) is 9.59 Å². The van der Waals surface area contributed by atoms with Crippen LogP contribution in [0.3, 0.4) is 0 Å². The van der Waals surface area contributed by atoms with Gasteiger partial charge in [0.15, 0.2) is 0 Å². The summed E-state index contributed by atoms with van der Waals surface area (Å²) in [5.41, 5.74) is 2.50. The van der Waals surface area contributed by atoms with E-state index >= 15 is 0 Å². The number of anilines is 2. The number of aryl methyl sites for hydroxylation is 1. The van der Waals surface area contributed by atoms with E-state index in [0.717, 1.165) is 11.3 Å². The van der Waals surface area contributed by atoms with Gasteiger partial charge in [0.1, 0.15) is 0 Å². The molecule has 0 atom stereocenters. The highest BCUT2D eigenvalue weighted by atomic mass is 35.5. The normalized spacial score (nSPS) is 10.5. The lowest BCUT2D eigenvalue weighted by molar-refractivity contribution is -0.119. The number of halogens is 1. The summed E-state index contributed by atoms with van der Waals surface area (Å²) in [7, 11) is 1.71. The number of hydrogen-bond donors (Lipinski definition) is 2. The molecule has 0 heterocycles. The minimum atomic E-state index is -0.206. The molecule has 6 heteroatoms. The van der Waals surface area contributed by atoms with E-state index in [1.165, 1.54) is 0 Å². The Morgan fingerprint density at radius 1 is 0.958 bits per heavy atom. The van der Waals surface area contributed by atoms with Crippen molar-refractivity contribution in [1.29, 1.82) is 0 Å². The molecule has 24 heavy (non-hydrogen) atoms. The number of amides is 2. The molecule has 5 nitrogen and oxygen atoms in total. The Bertz CT molecular complexity index is 716. The number of hydrogen-bond acceptors (Lipinski definition) is 3. The molecule has 0 aliphatic heterocycles. The average Bonchev–Trinajstić information content (AvgIpc) is 2.49. The van der Waals surface area contributed by atoms with Gasteiger partial charge >= 0.3 is 0 Å². The topological polar surface area (TPSA) is 61.4 Å². The van der Waals surface area contributed by atoms with Gasteiger partial charge in [0, 0.05) is 16.4 Å². The third-order valence-corrected chi connectivity index (χ3v) is 3.51. The standard InChI is InChI=1S/C18H20ClN3O2/c1-13-6-8-15(9-7-13)20-17(23)11-22(2)12-18(24)21-16-5-3-4-14(19)10-16/h3-10H,11-12H2,1-2H3,(H,20,23)(H,21,24). The molecule has 0 unspecified atom stereocenters. The molecule has 0 aliphatic rings. The van der Waals surface area contributed by atoms with E-state index in [0.29, 0.717) is 10.7 Å². The van der Waals surface area contributed by atoms with Crippen LogP contribution in [-0.4, -0.2) is 36.9 Å². The molecule has 2 aromatic rings.